The van der Waals surface area contributed by atoms with Gasteiger partial charge in [0.25, 0.3) is 5.91 Å². The summed E-state index contributed by atoms with van der Waals surface area (Å²) in [5, 5.41) is 12.1. The fraction of sp³-hybridized carbons (Fsp3) is 0.600. The second-order valence-corrected chi connectivity index (χ2v) is 5.28. The normalized spacial score (nSPS) is 23.1. The van der Waals surface area contributed by atoms with E-state index in [1.54, 1.807) is 6.20 Å². The highest BCUT2D eigenvalue weighted by Crippen LogP contribution is 2.23. The molecule has 104 valence electrons. The molecule has 1 aliphatic carbocycles. The van der Waals surface area contributed by atoms with Crippen LogP contribution in [-0.4, -0.2) is 28.6 Å². The number of aliphatic hydroxyl groups excluding tert-OH is 1. The van der Waals surface area contributed by atoms with Crippen molar-refractivity contribution in [3.05, 3.63) is 29.6 Å². The molecule has 0 saturated heterocycles. The number of aromatic nitrogens is 1. The summed E-state index contributed by atoms with van der Waals surface area (Å²) in [7, 11) is 0. The molecule has 0 spiro atoms. The average molecular weight is 262 g/mol. The number of carbonyl (C=O) groups excluding carboxylic acids is 1. The number of aliphatic hydroxyl groups is 1. The Morgan fingerprint density at radius 1 is 1.42 bits per heavy atom. The topological polar surface area (TPSA) is 62.2 Å². The van der Waals surface area contributed by atoms with Crippen LogP contribution >= 0.6 is 0 Å². The zero-order chi connectivity index (χ0) is 13.7. The first-order valence-electron chi connectivity index (χ1n) is 7.09. The van der Waals surface area contributed by atoms with Crippen molar-refractivity contribution in [1.29, 1.82) is 0 Å². The third-order valence-electron chi connectivity index (χ3n) is 3.91. The van der Waals surface area contributed by atoms with Crippen molar-refractivity contribution in [2.75, 3.05) is 6.61 Å². The van der Waals surface area contributed by atoms with Crippen molar-refractivity contribution in [3.63, 3.8) is 0 Å². The van der Waals surface area contributed by atoms with Crippen LogP contribution in [0.2, 0.25) is 0 Å². The minimum absolute atomic E-state index is 0.0808. The molecule has 1 heterocycles. The van der Waals surface area contributed by atoms with E-state index in [2.05, 4.69) is 17.2 Å². The lowest BCUT2D eigenvalue weighted by molar-refractivity contribution is 0.0909. The van der Waals surface area contributed by atoms with Gasteiger partial charge in [0.05, 0.1) is 0 Å². The predicted octanol–water partition coefficient (Wildman–Crippen LogP) is 1.92. The molecule has 0 aliphatic heterocycles. The summed E-state index contributed by atoms with van der Waals surface area (Å²) in [5.41, 5.74) is 1.63. The van der Waals surface area contributed by atoms with Gasteiger partial charge in [-0.05, 0) is 55.7 Å². The molecule has 2 N–H and O–H groups in total. The van der Waals surface area contributed by atoms with E-state index in [-0.39, 0.29) is 18.6 Å². The molecule has 0 atom stereocenters. The summed E-state index contributed by atoms with van der Waals surface area (Å²) in [5.74, 6) is 0.331. The van der Waals surface area contributed by atoms with E-state index in [0.717, 1.165) is 37.7 Å². The van der Waals surface area contributed by atoms with E-state index in [1.165, 1.54) is 0 Å². The summed E-state index contributed by atoms with van der Waals surface area (Å²) in [6.07, 6.45) is 6.48. The van der Waals surface area contributed by atoms with Crippen molar-refractivity contribution < 1.29 is 9.90 Å². The zero-order valence-corrected chi connectivity index (χ0v) is 11.4. The van der Waals surface area contributed by atoms with E-state index >= 15 is 0 Å². The Labute approximate surface area is 114 Å². The molecule has 19 heavy (non-hydrogen) atoms. The van der Waals surface area contributed by atoms with E-state index < -0.39 is 0 Å². The van der Waals surface area contributed by atoms with Gasteiger partial charge in [0.15, 0.2) is 0 Å². The first-order chi connectivity index (χ1) is 9.22. The minimum Gasteiger partial charge on any atom is -0.396 e. The van der Waals surface area contributed by atoms with Crippen LogP contribution in [0.3, 0.4) is 0 Å². The van der Waals surface area contributed by atoms with Crippen molar-refractivity contribution in [1.82, 2.24) is 10.3 Å². The molecular weight excluding hydrogens is 240 g/mol. The SMILES string of the molecule is CCc1ccnc(C(=O)NC2CCC(CO)CC2)c1. The third-order valence-corrected chi connectivity index (χ3v) is 3.91. The molecule has 2 rings (SSSR count). The van der Waals surface area contributed by atoms with Crippen LogP contribution in [0.5, 0.6) is 0 Å². The first-order valence-corrected chi connectivity index (χ1v) is 7.09. The van der Waals surface area contributed by atoms with Crippen molar-refractivity contribution >= 4 is 5.91 Å². The van der Waals surface area contributed by atoms with Crippen molar-refractivity contribution in [3.8, 4) is 0 Å². The second kappa shape index (κ2) is 6.66. The van der Waals surface area contributed by atoms with E-state index in [9.17, 15) is 4.79 Å². The smallest absolute Gasteiger partial charge is 0.270 e. The van der Waals surface area contributed by atoms with Crippen LogP contribution in [0.25, 0.3) is 0 Å². The van der Waals surface area contributed by atoms with Gasteiger partial charge in [-0.25, -0.2) is 0 Å². The largest absolute Gasteiger partial charge is 0.396 e. The number of rotatable bonds is 4. The number of aryl methyl sites for hydroxylation is 1. The molecule has 0 radical (unpaired) electrons. The van der Waals surface area contributed by atoms with Gasteiger partial charge in [0, 0.05) is 18.8 Å². The maximum Gasteiger partial charge on any atom is 0.270 e. The summed E-state index contributed by atoms with van der Waals surface area (Å²) >= 11 is 0. The highest BCUT2D eigenvalue weighted by atomic mass is 16.3. The molecule has 1 aliphatic rings. The van der Waals surface area contributed by atoms with Gasteiger partial charge in [-0.3, -0.25) is 9.78 Å². The van der Waals surface area contributed by atoms with Crippen LogP contribution in [0.4, 0.5) is 0 Å². The van der Waals surface area contributed by atoms with Crippen LogP contribution in [-0.2, 0) is 6.42 Å². The van der Waals surface area contributed by atoms with Gasteiger partial charge in [-0.1, -0.05) is 6.92 Å². The summed E-state index contributed by atoms with van der Waals surface area (Å²) in [6, 6.07) is 4.01. The predicted molar refractivity (Wildman–Crippen MR) is 73.9 cm³/mol. The van der Waals surface area contributed by atoms with Gasteiger partial charge < -0.3 is 10.4 Å². The van der Waals surface area contributed by atoms with E-state index in [1.807, 2.05) is 12.1 Å². The van der Waals surface area contributed by atoms with Gasteiger partial charge in [0.1, 0.15) is 5.69 Å². The lowest BCUT2D eigenvalue weighted by Gasteiger charge is -2.27. The number of nitrogens with zero attached hydrogens (tertiary/aromatic N) is 1. The number of amides is 1. The van der Waals surface area contributed by atoms with Gasteiger partial charge >= 0.3 is 0 Å². The third kappa shape index (κ3) is 3.77. The number of carbonyl (C=O) groups is 1. The standard InChI is InChI=1S/C15H22N2O2/c1-2-11-7-8-16-14(9-11)15(19)17-13-5-3-12(10-18)4-6-13/h7-9,12-13,18H,2-6,10H2,1H3,(H,17,19). The van der Waals surface area contributed by atoms with Crippen molar-refractivity contribution in [2.45, 2.75) is 45.1 Å². The summed E-state index contributed by atoms with van der Waals surface area (Å²) in [6.45, 7) is 2.33. The first kappa shape index (κ1) is 14.0. The van der Waals surface area contributed by atoms with Crippen LogP contribution in [0, 0.1) is 5.92 Å². The Hall–Kier alpha value is -1.42. The zero-order valence-electron chi connectivity index (χ0n) is 11.4. The lowest BCUT2D eigenvalue weighted by atomic mass is 9.86. The molecule has 4 nitrogen and oxygen atoms in total. The van der Waals surface area contributed by atoms with Crippen LogP contribution in [0.1, 0.15) is 48.7 Å². The Bertz CT molecular complexity index is 426. The average Bonchev–Trinajstić information content (AvgIpc) is 2.48. The van der Waals surface area contributed by atoms with Crippen molar-refractivity contribution in [2.24, 2.45) is 5.92 Å². The van der Waals surface area contributed by atoms with E-state index in [4.69, 9.17) is 5.11 Å². The summed E-state index contributed by atoms with van der Waals surface area (Å²) in [4.78, 5) is 16.2. The maximum absolute atomic E-state index is 12.1. The van der Waals surface area contributed by atoms with Crippen LogP contribution in [0.15, 0.2) is 18.3 Å². The minimum atomic E-state index is -0.0808. The maximum atomic E-state index is 12.1. The Morgan fingerprint density at radius 2 is 2.16 bits per heavy atom. The molecule has 1 amide bonds. The Balaban J connectivity index is 1.90. The van der Waals surface area contributed by atoms with E-state index in [0.29, 0.717) is 11.6 Å². The summed E-state index contributed by atoms with van der Waals surface area (Å²) < 4.78 is 0. The molecule has 0 aromatic carbocycles. The number of pyridine rings is 1. The number of hydrogen-bond donors (Lipinski definition) is 2. The molecule has 1 aromatic heterocycles. The molecule has 0 unspecified atom stereocenters. The second-order valence-electron chi connectivity index (χ2n) is 5.28. The number of nitrogens with one attached hydrogen (secondary N) is 1. The monoisotopic (exact) mass is 262 g/mol. The number of hydrogen-bond acceptors (Lipinski definition) is 3. The fourth-order valence-electron chi connectivity index (χ4n) is 2.57. The Morgan fingerprint density at radius 3 is 2.79 bits per heavy atom. The molecule has 1 fully saturated rings. The quantitative estimate of drug-likeness (QED) is 0.871. The highest BCUT2D eigenvalue weighted by molar-refractivity contribution is 5.92. The van der Waals surface area contributed by atoms with Gasteiger partial charge in [0.2, 0.25) is 0 Å². The molecule has 1 aromatic rings. The fourth-order valence-corrected chi connectivity index (χ4v) is 2.57. The molecular formula is C15H22N2O2. The molecule has 4 heteroatoms. The van der Waals surface area contributed by atoms with Crippen LogP contribution < -0.4 is 5.32 Å². The Kier molecular flexibility index (Phi) is 4.91. The van der Waals surface area contributed by atoms with Gasteiger partial charge in [-0.15, -0.1) is 0 Å². The molecule has 0 bridgehead atoms. The van der Waals surface area contributed by atoms with Gasteiger partial charge in [-0.2, -0.15) is 0 Å². The highest BCUT2D eigenvalue weighted by Gasteiger charge is 2.22. The lowest BCUT2D eigenvalue weighted by Crippen LogP contribution is -2.38. The molecule has 1 saturated carbocycles.